The van der Waals surface area contributed by atoms with E-state index >= 15 is 8.78 Å². The Labute approximate surface area is 287 Å². The quantitative estimate of drug-likeness (QED) is 0.191. The molecule has 2 fully saturated rings. The van der Waals surface area contributed by atoms with Crippen LogP contribution in [0, 0.1) is 29.1 Å². The molecule has 0 radical (unpaired) electrons. The van der Waals surface area contributed by atoms with Gasteiger partial charge in [0.1, 0.15) is 23.1 Å². The highest BCUT2D eigenvalue weighted by molar-refractivity contribution is 7.89. The minimum atomic E-state index is -4.79. The molecular weight excluding hydrogens is 722 g/mol. The third-order valence-corrected chi connectivity index (χ3v) is 11.0. The molecule has 10 nitrogen and oxygen atoms in total. The first-order valence-corrected chi connectivity index (χ1v) is 16.8. The lowest BCUT2D eigenvalue weighted by molar-refractivity contribution is -0.171. The molecule has 0 bridgehead atoms. The lowest BCUT2D eigenvalue weighted by Crippen LogP contribution is -2.76. The minimum absolute atomic E-state index is 0.0781. The number of piperazine rings is 1. The maximum absolute atomic E-state index is 15.0. The van der Waals surface area contributed by atoms with E-state index in [1.54, 1.807) is 30.3 Å². The van der Waals surface area contributed by atoms with E-state index in [0.29, 0.717) is 15.4 Å². The number of benzene rings is 3. The number of carbonyl (C=O) groups excluding carboxylic acids is 2. The van der Waals surface area contributed by atoms with Gasteiger partial charge in [0.15, 0.2) is 23.3 Å². The molecule has 0 spiro atoms. The number of rotatable bonds is 8. The number of carboxylic acid groups (broad SMARTS) is 1. The van der Waals surface area contributed by atoms with Crippen molar-refractivity contribution in [2.75, 3.05) is 13.1 Å². The van der Waals surface area contributed by atoms with Crippen molar-refractivity contribution in [2.45, 2.75) is 56.0 Å². The van der Waals surface area contributed by atoms with Crippen LogP contribution in [0.4, 0.5) is 26.7 Å². The van der Waals surface area contributed by atoms with Gasteiger partial charge in [0.05, 0.1) is 11.6 Å². The van der Waals surface area contributed by atoms with Gasteiger partial charge < -0.3 is 14.9 Å². The Balaban J connectivity index is 1.72. The van der Waals surface area contributed by atoms with Gasteiger partial charge in [-0.3, -0.25) is 14.5 Å². The van der Waals surface area contributed by atoms with E-state index < -0.39 is 118 Å². The van der Waals surface area contributed by atoms with Crippen molar-refractivity contribution < 1.29 is 49.9 Å². The van der Waals surface area contributed by atoms with Crippen LogP contribution in [0.2, 0.25) is 10.0 Å². The predicted octanol–water partition coefficient (Wildman–Crippen LogP) is 5.26. The van der Waals surface area contributed by atoms with E-state index in [1.807, 2.05) is 0 Å². The molecule has 0 aliphatic carbocycles. The summed E-state index contributed by atoms with van der Waals surface area (Å²) in [4.78, 5) is 42.9. The largest absolute Gasteiger partial charge is 0.465 e. The molecule has 2 saturated heterocycles. The summed E-state index contributed by atoms with van der Waals surface area (Å²) in [5.41, 5.74) is -1.03. The maximum Gasteiger partial charge on any atom is 0.408 e. The molecule has 3 aromatic carbocycles. The highest BCUT2D eigenvalue weighted by Gasteiger charge is 2.56. The van der Waals surface area contributed by atoms with E-state index in [-0.39, 0.29) is 10.0 Å². The normalized spacial score (nSPS) is 20.2. The Hall–Kier alpha value is -3.99. The molecule has 2 aliphatic rings. The van der Waals surface area contributed by atoms with Crippen molar-refractivity contribution in [3.8, 4) is 0 Å². The van der Waals surface area contributed by atoms with Gasteiger partial charge >= 0.3 is 6.09 Å². The average Bonchev–Trinajstić information content (AvgIpc) is 3.04. The van der Waals surface area contributed by atoms with Crippen LogP contribution in [-0.4, -0.2) is 87.8 Å². The van der Waals surface area contributed by atoms with E-state index in [0.717, 1.165) is 21.3 Å². The van der Waals surface area contributed by atoms with Crippen molar-refractivity contribution >= 4 is 51.1 Å². The first-order chi connectivity index (χ1) is 23.0. The summed E-state index contributed by atoms with van der Waals surface area (Å²) >= 11 is 12.3. The van der Waals surface area contributed by atoms with Crippen LogP contribution < -0.4 is 0 Å². The van der Waals surface area contributed by atoms with Crippen LogP contribution in [0.1, 0.15) is 25.0 Å². The van der Waals surface area contributed by atoms with Crippen molar-refractivity contribution in [2.24, 2.45) is 0 Å². The van der Waals surface area contributed by atoms with Gasteiger partial charge in [-0.1, -0.05) is 53.5 Å². The van der Waals surface area contributed by atoms with Crippen molar-refractivity contribution in [1.82, 2.24) is 19.0 Å². The maximum atomic E-state index is 15.0. The Morgan fingerprint density at radius 3 is 2.06 bits per heavy atom. The number of hydrogen-bond donors (Lipinski definition) is 1. The number of fused-ring (bicyclic) bond motifs is 1. The third kappa shape index (κ3) is 6.54. The van der Waals surface area contributed by atoms with E-state index in [4.69, 9.17) is 23.2 Å². The fourth-order valence-corrected chi connectivity index (χ4v) is 8.34. The zero-order valence-corrected chi connectivity index (χ0v) is 27.9. The minimum Gasteiger partial charge on any atom is -0.465 e. The standard InChI is InChI=1S/C31H27Cl2F5N4O6S/c1-15(2)39-14-23-41(49(47,48)22-9-8-17(32)10-19(22)33)13-21(40(31(45)46)12-16-6-4-3-5-7-16)30(44)42(23)20(29(39)43)11-18-24(34)26(36)28(38)27(37)25(18)35/h3-10,15,20-21,23H,11-14H2,1-2H3,(H,45,46). The smallest absolute Gasteiger partial charge is 0.408 e. The van der Waals surface area contributed by atoms with Crippen molar-refractivity contribution in [1.29, 1.82) is 0 Å². The van der Waals surface area contributed by atoms with Crippen LogP contribution in [0.25, 0.3) is 0 Å². The van der Waals surface area contributed by atoms with E-state index in [2.05, 4.69) is 0 Å². The summed E-state index contributed by atoms with van der Waals surface area (Å²) in [6.07, 6.45) is -4.57. The lowest BCUT2D eigenvalue weighted by Gasteiger charge is -2.55. The number of halogens is 7. The third-order valence-electron chi connectivity index (χ3n) is 8.43. The summed E-state index contributed by atoms with van der Waals surface area (Å²) < 4.78 is 102. The van der Waals surface area contributed by atoms with Crippen LogP contribution in [0.3, 0.4) is 0 Å². The first kappa shape index (κ1) is 36.3. The highest BCUT2D eigenvalue weighted by Crippen LogP contribution is 2.37. The molecule has 0 saturated carbocycles. The number of nitrogens with zero attached hydrogens (tertiary/aromatic N) is 4. The van der Waals surface area contributed by atoms with Crippen LogP contribution in [-0.2, 0) is 32.6 Å². The number of sulfonamides is 1. The van der Waals surface area contributed by atoms with Gasteiger partial charge in [0.25, 0.3) is 0 Å². The summed E-state index contributed by atoms with van der Waals surface area (Å²) in [5.74, 6) is -13.7. The first-order valence-electron chi connectivity index (χ1n) is 14.6. The summed E-state index contributed by atoms with van der Waals surface area (Å²) in [7, 11) is -4.79. The van der Waals surface area contributed by atoms with Gasteiger partial charge in [0.2, 0.25) is 27.7 Å². The monoisotopic (exact) mass is 748 g/mol. The topological polar surface area (TPSA) is 119 Å². The summed E-state index contributed by atoms with van der Waals surface area (Å²) in [5, 5.41) is 10.0. The molecule has 2 aliphatic heterocycles. The van der Waals surface area contributed by atoms with E-state index in [1.165, 1.54) is 19.9 Å². The van der Waals surface area contributed by atoms with Gasteiger partial charge in [-0.25, -0.2) is 35.2 Å². The predicted molar refractivity (Wildman–Crippen MR) is 165 cm³/mol. The molecular formula is C31H27Cl2F5N4O6S. The Bertz CT molecular complexity index is 1910. The molecule has 0 aromatic heterocycles. The zero-order chi connectivity index (χ0) is 36.1. The number of amides is 3. The molecule has 18 heteroatoms. The fourth-order valence-electron chi connectivity index (χ4n) is 6.01. The van der Waals surface area contributed by atoms with Crippen molar-refractivity contribution in [3.05, 3.63) is 98.8 Å². The Morgan fingerprint density at radius 2 is 1.51 bits per heavy atom. The van der Waals surface area contributed by atoms with Crippen LogP contribution in [0.15, 0.2) is 53.4 Å². The zero-order valence-electron chi connectivity index (χ0n) is 25.6. The molecule has 3 amide bonds. The molecule has 49 heavy (non-hydrogen) atoms. The molecule has 3 atom stereocenters. The molecule has 3 aromatic rings. The van der Waals surface area contributed by atoms with Gasteiger partial charge in [-0.15, -0.1) is 0 Å². The number of hydrogen-bond acceptors (Lipinski definition) is 5. The lowest BCUT2D eigenvalue weighted by atomic mass is 9.95. The second-order valence-corrected chi connectivity index (χ2v) is 14.3. The average molecular weight is 750 g/mol. The Kier molecular flexibility index (Phi) is 10.2. The van der Waals surface area contributed by atoms with Gasteiger partial charge in [-0.05, 0) is 37.6 Å². The second kappa shape index (κ2) is 13.7. The van der Waals surface area contributed by atoms with Gasteiger partial charge in [0, 0.05) is 36.1 Å². The SMILES string of the molecule is CC(C)N1CC2N(C(=O)C(N(Cc3ccccc3)C(=O)O)CN2S(=O)(=O)c2ccc(Cl)cc2Cl)C(Cc2c(F)c(F)c(F)c(F)c2F)C1=O. The summed E-state index contributed by atoms with van der Waals surface area (Å²) in [6.45, 7) is 1.32. The number of carbonyl (C=O) groups is 3. The van der Waals surface area contributed by atoms with Crippen molar-refractivity contribution in [3.63, 3.8) is 0 Å². The Morgan fingerprint density at radius 1 is 0.918 bits per heavy atom. The second-order valence-electron chi connectivity index (χ2n) is 11.6. The summed E-state index contributed by atoms with van der Waals surface area (Å²) in [6, 6.07) is 6.76. The highest BCUT2D eigenvalue weighted by atomic mass is 35.5. The fraction of sp³-hybridized carbons (Fsp3) is 0.323. The van der Waals surface area contributed by atoms with Crippen LogP contribution in [0.5, 0.6) is 0 Å². The van der Waals surface area contributed by atoms with Gasteiger partial charge in [-0.2, -0.15) is 4.31 Å². The molecule has 2 heterocycles. The van der Waals surface area contributed by atoms with Crippen LogP contribution >= 0.6 is 23.2 Å². The molecule has 1 N–H and O–H groups in total. The molecule has 3 unspecified atom stereocenters. The molecule has 262 valence electrons. The van der Waals surface area contributed by atoms with E-state index in [9.17, 15) is 41.1 Å². The molecule has 5 rings (SSSR count).